The standard InChI is InChI=1S/C19H23NOS/c1-3-13(2)15-9-5-6-10-16(15)20-19(21)18-12-14-8-4-7-11-17(14)22-18/h5-6,9-10,12-13H,3-4,7-8,11H2,1-2H3,(H,20,21)/t13-/m1/s1. The van der Waals surface area contributed by atoms with Crippen molar-refractivity contribution in [3.63, 3.8) is 0 Å². The van der Waals surface area contributed by atoms with Crippen LogP contribution in [0.5, 0.6) is 0 Å². The summed E-state index contributed by atoms with van der Waals surface area (Å²) in [5.41, 5.74) is 3.56. The van der Waals surface area contributed by atoms with Gasteiger partial charge in [0, 0.05) is 10.6 Å². The summed E-state index contributed by atoms with van der Waals surface area (Å²) in [7, 11) is 0. The number of hydrogen-bond acceptors (Lipinski definition) is 2. The van der Waals surface area contributed by atoms with Crippen LogP contribution < -0.4 is 5.32 Å². The van der Waals surface area contributed by atoms with E-state index in [1.54, 1.807) is 11.3 Å². The average molecular weight is 313 g/mol. The molecule has 0 bridgehead atoms. The average Bonchev–Trinajstić information content (AvgIpc) is 2.99. The minimum absolute atomic E-state index is 0.0372. The van der Waals surface area contributed by atoms with Gasteiger partial charge in [0.15, 0.2) is 0 Å². The van der Waals surface area contributed by atoms with Gasteiger partial charge < -0.3 is 5.32 Å². The Hall–Kier alpha value is -1.61. The number of thiophene rings is 1. The second-order valence-electron chi connectivity index (χ2n) is 6.12. The van der Waals surface area contributed by atoms with Gasteiger partial charge in [-0.25, -0.2) is 0 Å². The van der Waals surface area contributed by atoms with Crippen molar-refractivity contribution in [3.05, 3.63) is 51.2 Å². The lowest BCUT2D eigenvalue weighted by Gasteiger charge is -2.15. The summed E-state index contributed by atoms with van der Waals surface area (Å²) >= 11 is 1.67. The SMILES string of the molecule is CC[C@@H](C)c1ccccc1NC(=O)c1cc2c(s1)CCCC2. The molecule has 0 fully saturated rings. The maximum absolute atomic E-state index is 12.6. The summed E-state index contributed by atoms with van der Waals surface area (Å²) in [5, 5.41) is 3.12. The molecule has 2 nitrogen and oxygen atoms in total. The third-order valence-corrected chi connectivity index (χ3v) is 5.81. The highest BCUT2D eigenvalue weighted by molar-refractivity contribution is 7.14. The Labute approximate surface area is 136 Å². The molecule has 1 aliphatic carbocycles. The molecule has 1 aliphatic rings. The molecule has 116 valence electrons. The van der Waals surface area contributed by atoms with E-state index in [1.165, 1.54) is 28.8 Å². The molecule has 1 heterocycles. The van der Waals surface area contributed by atoms with Crippen LogP contribution in [0, 0.1) is 0 Å². The van der Waals surface area contributed by atoms with Crippen molar-refractivity contribution in [2.75, 3.05) is 5.32 Å². The van der Waals surface area contributed by atoms with E-state index in [4.69, 9.17) is 0 Å². The monoisotopic (exact) mass is 313 g/mol. The van der Waals surface area contributed by atoms with Gasteiger partial charge in [0.1, 0.15) is 0 Å². The highest BCUT2D eigenvalue weighted by Crippen LogP contribution is 2.31. The number of carbonyl (C=O) groups excluding carboxylic acids is 1. The third-order valence-electron chi connectivity index (χ3n) is 4.57. The van der Waals surface area contributed by atoms with Crippen LogP contribution in [0.4, 0.5) is 5.69 Å². The predicted octanol–water partition coefficient (Wildman–Crippen LogP) is 5.39. The van der Waals surface area contributed by atoms with Crippen LogP contribution in [0.3, 0.4) is 0 Å². The lowest BCUT2D eigenvalue weighted by atomic mass is 9.97. The Morgan fingerprint density at radius 2 is 2.05 bits per heavy atom. The molecule has 3 heteroatoms. The Bertz CT molecular complexity index is 650. The maximum atomic E-state index is 12.6. The number of nitrogens with one attached hydrogen (secondary N) is 1. The summed E-state index contributed by atoms with van der Waals surface area (Å²) in [6, 6.07) is 10.2. The lowest BCUT2D eigenvalue weighted by Crippen LogP contribution is -2.12. The highest BCUT2D eigenvalue weighted by Gasteiger charge is 2.18. The van der Waals surface area contributed by atoms with E-state index in [2.05, 4.69) is 31.3 Å². The smallest absolute Gasteiger partial charge is 0.265 e. The topological polar surface area (TPSA) is 29.1 Å². The lowest BCUT2D eigenvalue weighted by molar-refractivity contribution is 0.103. The molecule has 1 aromatic heterocycles. The molecule has 0 spiro atoms. The van der Waals surface area contributed by atoms with Crippen molar-refractivity contribution >= 4 is 22.9 Å². The van der Waals surface area contributed by atoms with Crippen LogP contribution in [0.2, 0.25) is 0 Å². The quantitative estimate of drug-likeness (QED) is 0.805. The van der Waals surface area contributed by atoms with E-state index >= 15 is 0 Å². The summed E-state index contributed by atoms with van der Waals surface area (Å²) in [5.74, 6) is 0.489. The molecule has 0 unspecified atom stereocenters. The van der Waals surface area contributed by atoms with Gasteiger partial charge in [0.25, 0.3) is 5.91 Å². The van der Waals surface area contributed by atoms with E-state index in [1.807, 2.05) is 18.2 Å². The fraction of sp³-hybridized carbons (Fsp3) is 0.421. The molecule has 0 saturated carbocycles. The predicted molar refractivity (Wildman–Crippen MR) is 94.1 cm³/mol. The van der Waals surface area contributed by atoms with Crippen molar-refractivity contribution in [1.82, 2.24) is 0 Å². The van der Waals surface area contributed by atoms with Crippen LogP contribution >= 0.6 is 11.3 Å². The zero-order valence-corrected chi connectivity index (χ0v) is 14.1. The molecule has 3 rings (SSSR count). The van der Waals surface area contributed by atoms with E-state index in [0.717, 1.165) is 29.8 Å². The van der Waals surface area contributed by atoms with Crippen molar-refractivity contribution in [2.24, 2.45) is 0 Å². The fourth-order valence-corrected chi connectivity index (χ4v) is 4.20. The normalized spacial score (nSPS) is 15.2. The van der Waals surface area contributed by atoms with E-state index in [-0.39, 0.29) is 5.91 Å². The molecule has 22 heavy (non-hydrogen) atoms. The minimum atomic E-state index is 0.0372. The second-order valence-corrected chi connectivity index (χ2v) is 7.25. The summed E-state index contributed by atoms with van der Waals surface area (Å²) < 4.78 is 0. The molecule has 1 N–H and O–H groups in total. The molecule has 2 aromatic rings. The molecule has 1 amide bonds. The zero-order valence-electron chi connectivity index (χ0n) is 13.3. The van der Waals surface area contributed by atoms with Crippen LogP contribution in [-0.2, 0) is 12.8 Å². The number of anilines is 1. The number of rotatable bonds is 4. The van der Waals surface area contributed by atoms with Gasteiger partial charge in [0.05, 0.1) is 4.88 Å². The van der Waals surface area contributed by atoms with E-state index in [0.29, 0.717) is 5.92 Å². The summed E-state index contributed by atoms with van der Waals surface area (Å²) in [6.45, 7) is 4.38. The summed E-state index contributed by atoms with van der Waals surface area (Å²) in [4.78, 5) is 14.9. The van der Waals surface area contributed by atoms with E-state index < -0.39 is 0 Å². The minimum Gasteiger partial charge on any atom is -0.321 e. The molecule has 1 atom stereocenters. The van der Waals surface area contributed by atoms with E-state index in [9.17, 15) is 4.79 Å². The number of fused-ring (bicyclic) bond motifs is 1. The first-order valence-electron chi connectivity index (χ1n) is 8.21. The first kappa shape index (κ1) is 15.3. The molecular formula is C19H23NOS. The number of amides is 1. The van der Waals surface area contributed by atoms with Crippen molar-refractivity contribution in [1.29, 1.82) is 0 Å². The van der Waals surface area contributed by atoms with Crippen LogP contribution in [-0.4, -0.2) is 5.91 Å². The van der Waals surface area contributed by atoms with Gasteiger partial charge in [-0.05, 0) is 61.3 Å². The summed E-state index contributed by atoms with van der Waals surface area (Å²) in [6.07, 6.45) is 5.84. The van der Waals surface area contributed by atoms with Crippen molar-refractivity contribution in [3.8, 4) is 0 Å². The number of para-hydroxylation sites is 1. The fourth-order valence-electron chi connectivity index (χ4n) is 3.05. The largest absolute Gasteiger partial charge is 0.321 e. The number of carbonyl (C=O) groups is 1. The van der Waals surface area contributed by atoms with Gasteiger partial charge in [-0.2, -0.15) is 0 Å². The Morgan fingerprint density at radius 3 is 2.82 bits per heavy atom. The number of benzene rings is 1. The number of hydrogen-bond donors (Lipinski definition) is 1. The van der Waals surface area contributed by atoms with Gasteiger partial charge in [-0.3, -0.25) is 4.79 Å². The van der Waals surface area contributed by atoms with Crippen LogP contribution in [0.25, 0.3) is 0 Å². The van der Waals surface area contributed by atoms with Gasteiger partial charge in [-0.15, -0.1) is 11.3 Å². The molecule has 1 aromatic carbocycles. The first-order valence-corrected chi connectivity index (χ1v) is 9.02. The van der Waals surface area contributed by atoms with Gasteiger partial charge in [0.2, 0.25) is 0 Å². The maximum Gasteiger partial charge on any atom is 0.265 e. The number of aryl methyl sites for hydroxylation is 2. The molecule has 0 radical (unpaired) electrons. The Balaban J connectivity index is 1.81. The first-order chi connectivity index (χ1) is 10.7. The van der Waals surface area contributed by atoms with Crippen LogP contribution in [0.1, 0.15) is 64.7 Å². The second kappa shape index (κ2) is 6.66. The zero-order chi connectivity index (χ0) is 15.5. The molecule has 0 saturated heterocycles. The Kier molecular flexibility index (Phi) is 4.63. The molecular weight excluding hydrogens is 290 g/mol. The van der Waals surface area contributed by atoms with Gasteiger partial charge >= 0.3 is 0 Å². The third kappa shape index (κ3) is 3.09. The molecule has 0 aliphatic heterocycles. The van der Waals surface area contributed by atoms with Crippen LogP contribution in [0.15, 0.2) is 30.3 Å². The van der Waals surface area contributed by atoms with Gasteiger partial charge in [-0.1, -0.05) is 32.0 Å². The van der Waals surface area contributed by atoms with Crippen molar-refractivity contribution < 1.29 is 4.79 Å². The Morgan fingerprint density at radius 1 is 1.27 bits per heavy atom. The highest BCUT2D eigenvalue weighted by atomic mass is 32.1. The van der Waals surface area contributed by atoms with Crippen molar-refractivity contribution in [2.45, 2.75) is 51.9 Å².